The number of aliphatic imine (C=N–C) groups is 4. The second kappa shape index (κ2) is 17.7. The Kier molecular flexibility index (Phi) is 11.9. The molecule has 0 spiro atoms. The molecule has 5 heterocycles. The summed E-state index contributed by atoms with van der Waals surface area (Å²) in [6, 6.07) is 0. The van der Waals surface area contributed by atoms with E-state index in [0.717, 1.165) is 73.4 Å². The van der Waals surface area contributed by atoms with E-state index in [1.807, 2.05) is 49.8 Å². The Morgan fingerprint density at radius 2 is 1.85 bits per heavy atom. The fourth-order valence-electron chi connectivity index (χ4n) is 5.66. The third-order valence-corrected chi connectivity index (χ3v) is 8.23. The predicted molar refractivity (Wildman–Crippen MR) is 211 cm³/mol. The van der Waals surface area contributed by atoms with Crippen LogP contribution in [-0.2, 0) is 0 Å². The molecule has 0 amide bonds. The van der Waals surface area contributed by atoms with Gasteiger partial charge in [-0.2, -0.15) is 0 Å². The van der Waals surface area contributed by atoms with Gasteiger partial charge in [-0.3, -0.25) is 4.99 Å². The molecule has 0 aromatic carbocycles. The molecule has 0 saturated heterocycles. The summed E-state index contributed by atoms with van der Waals surface area (Å²) in [5, 5.41) is 3.22. The Morgan fingerprint density at radius 3 is 2.60 bits per heavy atom. The minimum atomic E-state index is 0.562. The molecule has 10 heteroatoms. The highest BCUT2D eigenvalue weighted by Crippen LogP contribution is 2.37. The molecule has 0 atom stereocenters. The standard InChI is InChI=1S/C42H38N10/c1-30(43)7-3-4-8-39-38(35-14-16-44-26-47-21-35)13-12-34(18-41(39)37-24-50-29-51-25-37)33(11-10-32-19-45-27-46-20-32)17-40(36-22-48-28-49-23-36)31(2)42-9-5-6-15-52-42/h3-5,7,9,11,13,16-19,21-29H,2,6,8,10,15,20,43H2,1H3,(H,45,46)/b4-3-,30-7-,33-11+,40-17+. The second-order valence-electron chi connectivity index (χ2n) is 12.0. The van der Waals surface area contributed by atoms with Gasteiger partial charge in [0.1, 0.15) is 19.0 Å². The Bertz CT molecular complexity index is 2210. The summed E-state index contributed by atoms with van der Waals surface area (Å²) < 4.78 is 0. The average Bonchev–Trinajstić information content (AvgIpc) is 3.58. The topological polar surface area (TPSA) is 139 Å². The van der Waals surface area contributed by atoms with Gasteiger partial charge in [-0.25, -0.2) is 34.9 Å². The largest absolute Gasteiger partial charge is 0.402 e. The summed E-state index contributed by atoms with van der Waals surface area (Å²) >= 11 is 0. The fourth-order valence-corrected chi connectivity index (χ4v) is 5.66. The summed E-state index contributed by atoms with van der Waals surface area (Å²) in [6.07, 6.45) is 39.4. The number of nitrogens with one attached hydrogen (secondary N) is 1. The lowest BCUT2D eigenvalue weighted by Gasteiger charge is -2.16. The van der Waals surface area contributed by atoms with E-state index in [0.29, 0.717) is 31.6 Å². The molecule has 3 N–H and O–H groups in total. The van der Waals surface area contributed by atoms with E-state index >= 15 is 0 Å². The third-order valence-electron chi connectivity index (χ3n) is 8.23. The Balaban J connectivity index is 1.59. The van der Waals surface area contributed by atoms with Gasteiger partial charge in [-0.05, 0) is 84.4 Å². The van der Waals surface area contributed by atoms with Crippen molar-refractivity contribution in [1.82, 2.24) is 25.3 Å². The molecule has 52 heavy (non-hydrogen) atoms. The van der Waals surface area contributed by atoms with Gasteiger partial charge in [-0.1, -0.05) is 36.6 Å². The van der Waals surface area contributed by atoms with E-state index in [2.05, 4.69) is 88.7 Å². The maximum atomic E-state index is 5.95. The van der Waals surface area contributed by atoms with Gasteiger partial charge < -0.3 is 11.1 Å². The maximum absolute atomic E-state index is 5.95. The number of hydrogen-bond acceptors (Lipinski definition) is 10. The van der Waals surface area contributed by atoms with Crippen molar-refractivity contribution in [2.24, 2.45) is 25.7 Å². The molecule has 1 aliphatic carbocycles. The van der Waals surface area contributed by atoms with Crippen molar-refractivity contribution in [2.75, 3.05) is 13.1 Å². The van der Waals surface area contributed by atoms with Crippen LogP contribution in [0.4, 0.5) is 0 Å². The van der Waals surface area contributed by atoms with Crippen LogP contribution < -0.4 is 11.1 Å². The number of rotatable bonds is 12. The molecule has 0 radical (unpaired) electrons. The molecule has 6 rings (SSSR count). The lowest BCUT2D eigenvalue weighted by molar-refractivity contribution is 0.936. The van der Waals surface area contributed by atoms with Crippen molar-refractivity contribution in [1.29, 1.82) is 0 Å². The highest BCUT2D eigenvalue weighted by molar-refractivity contribution is 6.18. The van der Waals surface area contributed by atoms with Crippen molar-refractivity contribution in [2.45, 2.75) is 26.2 Å². The number of hydrogen-bond donors (Lipinski definition) is 2. The lowest BCUT2D eigenvalue weighted by Crippen LogP contribution is -2.17. The number of dihydropyridines is 1. The molecule has 0 unspecified atom stereocenters. The molecule has 4 aliphatic rings. The normalized spacial score (nSPS) is 17.6. The highest BCUT2D eigenvalue weighted by atomic mass is 14.9. The monoisotopic (exact) mass is 682 g/mol. The van der Waals surface area contributed by atoms with Crippen molar-refractivity contribution in [3.63, 3.8) is 0 Å². The van der Waals surface area contributed by atoms with Crippen LogP contribution in [0.1, 0.15) is 37.3 Å². The molecule has 2 aromatic heterocycles. The van der Waals surface area contributed by atoms with Gasteiger partial charge in [0.15, 0.2) is 0 Å². The first-order valence-corrected chi connectivity index (χ1v) is 16.8. The fraction of sp³-hybridized carbons (Fsp3) is 0.143. The molecule has 10 nitrogen and oxygen atoms in total. The lowest BCUT2D eigenvalue weighted by atomic mass is 9.88. The minimum absolute atomic E-state index is 0.562. The van der Waals surface area contributed by atoms with Crippen molar-refractivity contribution in [3.05, 3.63) is 178 Å². The smallest absolute Gasteiger partial charge is 0.116 e. The van der Waals surface area contributed by atoms with Crippen LogP contribution >= 0.6 is 0 Å². The molecular weight excluding hydrogens is 645 g/mol. The van der Waals surface area contributed by atoms with Crippen LogP contribution in [-0.4, -0.2) is 57.6 Å². The number of nitrogens with two attached hydrogens (primary N) is 1. The molecular formula is C42H38N10. The molecule has 3 aliphatic heterocycles. The SMILES string of the molecule is C=C(C1=NCCC=C1)/C(=C\C(=C/CC1=CN=CNC1)C1=C=CC(C2=C=CN=CN=C2)=C(C/C=C\C=C(\C)N)C(c2cncnc2)=C1)c1cncnc1. The van der Waals surface area contributed by atoms with Crippen LogP contribution in [0.3, 0.4) is 0 Å². The van der Waals surface area contributed by atoms with Gasteiger partial charge in [0.2, 0.25) is 0 Å². The van der Waals surface area contributed by atoms with Crippen LogP contribution in [0, 0.1) is 0 Å². The molecule has 0 bridgehead atoms. The number of allylic oxidation sites excluding steroid dienone is 16. The number of aromatic nitrogens is 4. The van der Waals surface area contributed by atoms with E-state index < -0.39 is 0 Å². The zero-order valence-corrected chi connectivity index (χ0v) is 28.9. The Labute approximate surface area is 303 Å². The Morgan fingerprint density at radius 1 is 1.02 bits per heavy atom. The maximum Gasteiger partial charge on any atom is 0.116 e. The molecule has 256 valence electrons. The van der Waals surface area contributed by atoms with Crippen molar-refractivity contribution >= 4 is 35.7 Å². The van der Waals surface area contributed by atoms with E-state index in [-0.39, 0.29) is 0 Å². The van der Waals surface area contributed by atoms with E-state index in [9.17, 15) is 0 Å². The first-order chi connectivity index (χ1) is 25.6. The van der Waals surface area contributed by atoms with Gasteiger partial charge in [0.25, 0.3) is 0 Å². The van der Waals surface area contributed by atoms with Crippen molar-refractivity contribution < 1.29 is 0 Å². The van der Waals surface area contributed by atoms with Crippen LogP contribution in [0.2, 0.25) is 0 Å². The first kappa shape index (κ1) is 35.0. The summed E-state index contributed by atoms with van der Waals surface area (Å²) in [4.78, 5) is 35.2. The summed E-state index contributed by atoms with van der Waals surface area (Å²) in [7, 11) is 0. The van der Waals surface area contributed by atoms with Gasteiger partial charge >= 0.3 is 0 Å². The van der Waals surface area contributed by atoms with Crippen molar-refractivity contribution in [3.8, 4) is 0 Å². The van der Waals surface area contributed by atoms with E-state index in [1.54, 1.807) is 31.1 Å². The molecule has 0 saturated carbocycles. The zero-order chi connectivity index (χ0) is 36.0. The second-order valence-corrected chi connectivity index (χ2v) is 12.0. The van der Waals surface area contributed by atoms with Crippen LogP contribution in [0.5, 0.6) is 0 Å². The van der Waals surface area contributed by atoms with Gasteiger partial charge in [0.05, 0.1) is 18.3 Å². The summed E-state index contributed by atoms with van der Waals surface area (Å²) in [5.41, 5.74) is 24.2. The highest BCUT2D eigenvalue weighted by Gasteiger charge is 2.20. The molecule has 2 aromatic rings. The minimum Gasteiger partial charge on any atom is -0.402 e. The zero-order valence-electron chi connectivity index (χ0n) is 28.9. The third kappa shape index (κ3) is 9.22. The average molecular weight is 683 g/mol. The quantitative estimate of drug-likeness (QED) is 0.185. The molecule has 0 fully saturated rings. The van der Waals surface area contributed by atoms with Gasteiger partial charge in [0, 0.05) is 89.4 Å². The van der Waals surface area contributed by atoms with E-state index in [1.165, 1.54) is 19.0 Å². The van der Waals surface area contributed by atoms with E-state index in [4.69, 9.17) is 10.7 Å². The Hall–Kier alpha value is -6.86. The van der Waals surface area contributed by atoms with Crippen LogP contribution in [0.15, 0.2) is 187 Å². The summed E-state index contributed by atoms with van der Waals surface area (Å²) in [5.74, 6) is 0. The number of nitrogens with zero attached hydrogens (tertiary/aromatic N) is 8. The summed E-state index contributed by atoms with van der Waals surface area (Å²) in [6.45, 7) is 7.78. The van der Waals surface area contributed by atoms with Gasteiger partial charge in [-0.15, -0.1) is 5.73 Å². The predicted octanol–water partition coefficient (Wildman–Crippen LogP) is 6.87. The first-order valence-electron chi connectivity index (χ1n) is 16.8. The van der Waals surface area contributed by atoms with Crippen LogP contribution in [0.25, 0.3) is 11.1 Å².